The SMILES string of the molecule is C=C1C(=CC=C2CCCC3(C)C(C(C)CC=CC(O)(C(F)(F)F)C(F)(F)F)=CCC23)CC(O)CC1O. The molecule has 9 heteroatoms. The van der Waals surface area contributed by atoms with Gasteiger partial charge >= 0.3 is 12.4 Å². The number of alkyl halides is 6. The highest BCUT2D eigenvalue weighted by atomic mass is 19.4. The third-order valence-corrected chi connectivity index (χ3v) is 8.12. The predicted octanol–water partition coefficient (Wildman–Crippen LogP) is 6.49. The summed E-state index contributed by atoms with van der Waals surface area (Å²) in [5.74, 6) is -0.151. The summed E-state index contributed by atoms with van der Waals surface area (Å²) >= 11 is 0. The maximum absolute atomic E-state index is 12.9. The van der Waals surface area contributed by atoms with E-state index in [9.17, 15) is 41.7 Å². The zero-order chi connectivity index (χ0) is 27.1. The number of fused-ring (bicyclic) bond motifs is 1. The van der Waals surface area contributed by atoms with E-state index in [-0.39, 0.29) is 36.2 Å². The van der Waals surface area contributed by atoms with Crippen LogP contribution >= 0.6 is 0 Å². The smallest absolute Gasteiger partial charge is 0.393 e. The molecular weight excluding hydrogens is 486 g/mol. The lowest BCUT2D eigenvalue weighted by atomic mass is 9.62. The number of hydrogen-bond donors (Lipinski definition) is 3. The first-order valence-corrected chi connectivity index (χ1v) is 12.2. The molecule has 0 heterocycles. The number of allylic oxidation sites excluding steroid dienone is 6. The van der Waals surface area contributed by atoms with Crippen LogP contribution in [0.5, 0.6) is 0 Å². The van der Waals surface area contributed by atoms with Crippen LogP contribution in [0, 0.1) is 17.3 Å². The molecular formula is C27H34F6O3. The lowest BCUT2D eigenvalue weighted by Gasteiger charge is -2.42. The Balaban J connectivity index is 1.76. The second kappa shape index (κ2) is 10.1. The first-order valence-electron chi connectivity index (χ1n) is 12.2. The Bertz CT molecular complexity index is 957. The van der Waals surface area contributed by atoms with Gasteiger partial charge in [0.1, 0.15) is 0 Å². The molecule has 0 amide bonds. The molecule has 0 aromatic rings. The fourth-order valence-corrected chi connectivity index (χ4v) is 6.00. The minimum atomic E-state index is -5.87. The molecule has 0 bridgehead atoms. The highest BCUT2D eigenvalue weighted by Crippen LogP contribution is 2.57. The summed E-state index contributed by atoms with van der Waals surface area (Å²) < 4.78 is 77.7. The van der Waals surface area contributed by atoms with Crippen LogP contribution in [0.4, 0.5) is 26.3 Å². The van der Waals surface area contributed by atoms with Crippen LogP contribution in [0.1, 0.15) is 58.8 Å². The number of halogens is 6. The Morgan fingerprint density at radius 1 is 1.14 bits per heavy atom. The topological polar surface area (TPSA) is 60.7 Å². The summed E-state index contributed by atoms with van der Waals surface area (Å²) in [6.45, 7) is 7.80. The fourth-order valence-electron chi connectivity index (χ4n) is 6.00. The highest BCUT2D eigenvalue weighted by Gasteiger charge is 2.68. The van der Waals surface area contributed by atoms with Gasteiger partial charge < -0.3 is 15.3 Å². The van der Waals surface area contributed by atoms with Crippen molar-refractivity contribution in [3.05, 3.63) is 59.3 Å². The average molecular weight is 521 g/mol. The standard InChI is InChI=1S/C27H34F6O3/c1-16(6-4-13-25(36,26(28,29)30)27(31,32)33)21-10-11-22-18(7-5-12-24(21,22)3)8-9-19-14-20(34)15-23(35)17(19)2/h4,8-10,13,16,20,22-23,34-36H,2,5-7,11-12,14-15H2,1,3H3. The van der Waals surface area contributed by atoms with E-state index in [1.165, 1.54) is 5.57 Å². The van der Waals surface area contributed by atoms with Crippen LogP contribution in [-0.4, -0.2) is 45.5 Å². The Labute approximate surface area is 207 Å². The van der Waals surface area contributed by atoms with E-state index in [0.29, 0.717) is 12.0 Å². The van der Waals surface area contributed by atoms with Gasteiger partial charge in [-0.05, 0) is 73.0 Å². The van der Waals surface area contributed by atoms with E-state index in [1.807, 2.05) is 18.2 Å². The second-order valence-electron chi connectivity index (χ2n) is 10.6. The monoisotopic (exact) mass is 520 g/mol. The molecule has 3 aliphatic rings. The Kier molecular flexibility index (Phi) is 8.09. The fraction of sp³-hybridized carbons (Fsp3) is 0.630. The molecule has 0 spiro atoms. The minimum Gasteiger partial charge on any atom is -0.393 e. The number of aliphatic hydroxyl groups excluding tert-OH is 2. The summed E-state index contributed by atoms with van der Waals surface area (Å²) in [5, 5.41) is 29.4. The van der Waals surface area contributed by atoms with Gasteiger partial charge in [0.05, 0.1) is 12.2 Å². The molecule has 3 rings (SSSR count). The second-order valence-corrected chi connectivity index (χ2v) is 10.6. The van der Waals surface area contributed by atoms with Crippen molar-refractivity contribution in [2.45, 2.75) is 89.0 Å². The van der Waals surface area contributed by atoms with Crippen LogP contribution in [0.3, 0.4) is 0 Å². The van der Waals surface area contributed by atoms with Gasteiger partial charge in [-0.3, -0.25) is 0 Å². The molecule has 0 aromatic carbocycles. The van der Waals surface area contributed by atoms with E-state index in [0.717, 1.165) is 42.9 Å². The summed E-state index contributed by atoms with van der Waals surface area (Å²) in [5.41, 5.74) is -1.56. The Hall–Kier alpha value is -1.84. The van der Waals surface area contributed by atoms with E-state index >= 15 is 0 Å². The van der Waals surface area contributed by atoms with E-state index < -0.39 is 30.2 Å². The van der Waals surface area contributed by atoms with Crippen molar-refractivity contribution in [1.82, 2.24) is 0 Å². The maximum atomic E-state index is 12.9. The van der Waals surface area contributed by atoms with Gasteiger partial charge in [-0.1, -0.05) is 55.9 Å². The largest absolute Gasteiger partial charge is 0.429 e. The quantitative estimate of drug-likeness (QED) is 0.287. The van der Waals surface area contributed by atoms with Gasteiger partial charge in [0.2, 0.25) is 0 Å². The van der Waals surface area contributed by atoms with Gasteiger partial charge in [0, 0.05) is 6.42 Å². The molecule has 0 radical (unpaired) electrons. The summed E-state index contributed by atoms with van der Waals surface area (Å²) in [7, 11) is 0. The lowest BCUT2D eigenvalue weighted by Crippen LogP contribution is -2.55. The van der Waals surface area contributed by atoms with Crippen LogP contribution in [-0.2, 0) is 0 Å². The minimum absolute atomic E-state index is 0.0681. The highest BCUT2D eigenvalue weighted by molar-refractivity contribution is 5.40. The number of hydrogen-bond acceptors (Lipinski definition) is 3. The van der Waals surface area contributed by atoms with Crippen molar-refractivity contribution in [2.24, 2.45) is 17.3 Å². The van der Waals surface area contributed by atoms with Crippen LogP contribution in [0.25, 0.3) is 0 Å². The normalized spacial score (nSPS) is 33.4. The van der Waals surface area contributed by atoms with Crippen molar-refractivity contribution in [3.63, 3.8) is 0 Å². The van der Waals surface area contributed by atoms with Crippen molar-refractivity contribution < 1.29 is 41.7 Å². The zero-order valence-corrected chi connectivity index (χ0v) is 20.5. The first kappa shape index (κ1) is 28.7. The van der Waals surface area contributed by atoms with E-state index in [1.54, 1.807) is 6.92 Å². The van der Waals surface area contributed by atoms with E-state index in [4.69, 9.17) is 0 Å². The van der Waals surface area contributed by atoms with Crippen LogP contribution in [0.15, 0.2) is 59.3 Å². The van der Waals surface area contributed by atoms with Crippen LogP contribution in [0.2, 0.25) is 0 Å². The summed E-state index contributed by atoms with van der Waals surface area (Å²) in [6, 6.07) is 0. The van der Waals surface area contributed by atoms with Gasteiger partial charge in [-0.15, -0.1) is 0 Å². The zero-order valence-electron chi connectivity index (χ0n) is 20.5. The van der Waals surface area contributed by atoms with Gasteiger partial charge in [-0.2, -0.15) is 26.3 Å². The molecule has 0 aromatic heterocycles. The average Bonchev–Trinajstić information content (AvgIpc) is 3.11. The first-order chi connectivity index (χ1) is 16.5. The van der Waals surface area contributed by atoms with Crippen molar-refractivity contribution in [1.29, 1.82) is 0 Å². The molecule has 5 unspecified atom stereocenters. The van der Waals surface area contributed by atoms with Crippen molar-refractivity contribution in [2.75, 3.05) is 0 Å². The molecule has 3 nitrogen and oxygen atoms in total. The summed E-state index contributed by atoms with van der Waals surface area (Å²) in [4.78, 5) is 0. The van der Waals surface area contributed by atoms with Crippen molar-refractivity contribution >= 4 is 0 Å². The van der Waals surface area contributed by atoms with Gasteiger partial charge in [0.25, 0.3) is 5.60 Å². The van der Waals surface area contributed by atoms with Crippen molar-refractivity contribution in [3.8, 4) is 0 Å². The van der Waals surface area contributed by atoms with Gasteiger partial charge in [0.15, 0.2) is 0 Å². The summed E-state index contributed by atoms with van der Waals surface area (Å²) in [6.07, 6.45) is -2.69. The Morgan fingerprint density at radius 3 is 2.39 bits per heavy atom. The molecule has 3 aliphatic carbocycles. The number of aliphatic hydroxyl groups is 3. The number of rotatable bonds is 5. The van der Waals surface area contributed by atoms with Gasteiger partial charge in [-0.25, -0.2) is 0 Å². The molecule has 202 valence electrons. The Morgan fingerprint density at radius 2 is 1.78 bits per heavy atom. The molecule has 3 N–H and O–H groups in total. The third kappa shape index (κ3) is 5.38. The third-order valence-electron chi connectivity index (χ3n) is 8.12. The molecule has 2 saturated carbocycles. The molecule has 2 fully saturated rings. The molecule has 36 heavy (non-hydrogen) atoms. The lowest BCUT2D eigenvalue weighted by molar-refractivity contribution is -0.347. The van der Waals surface area contributed by atoms with E-state index in [2.05, 4.69) is 13.5 Å². The molecule has 5 atom stereocenters. The molecule has 0 saturated heterocycles. The maximum Gasteiger partial charge on any atom is 0.429 e. The predicted molar refractivity (Wildman–Crippen MR) is 125 cm³/mol. The molecule has 0 aliphatic heterocycles. The van der Waals surface area contributed by atoms with Crippen LogP contribution < -0.4 is 0 Å².